The number of nitrogens with zero attached hydrogens (tertiary/aromatic N) is 2. The molecule has 1 aliphatic heterocycles. The van der Waals surface area contributed by atoms with Crippen LogP contribution in [-0.2, 0) is 4.79 Å². The molecule has 1 saturated carbocycles. The van der Waals surface area contributed by atoms with Gasteiger partial charge in [-0.25, -0.2) is 0 Å². The van der Waals surface area contributed by atoms with E-state index in [0.717, 1.165) is 55.8 Å². The lowest BCUT2D eigenvalue weighted by Crippen LogP contribution is -2.54. The molecular weight excluding hydrogens is 512 g/mol. The first-order valence-corrected chi connectivity index (χ1v) is 14.8. The van der Waals surface area contributed by atoms with E-state index in [0.29, 0.717) is 37.0 Å². The Morgan fingerprint density at radius 3 is 2.24 bits per heavy atom. The molecule has 1 aliphatic carbocycles. The molecule has 3 atom stereocenters. The maximum Gasteiger partial charge on any atom is 0.251 e. The van der Waals surface area contributed by atoms with Crippen molar-refractivity contribution in [2.45, 2.75) is 43.7 Å². The van der Waals surface area contributed by atoms with E-state index in [-0.39, 0.29) is 11.8 Å². The molecule has 2 amide bonds. The lowest BCUT2D eigenvalue weighted by Gasteiger charge is -2.34. The van der Waals surface area contributed by atoms with Crippen LogP contribution in [0, 0.1) is 0 Å². The Kier molecular flexibility index (Phi) is 9.70. The molecule has 5 rings (SSSR count). The number of unbranched alkanes of at least 4 members (excludes halogenated alkanes) is 1. The number of likely N-dealkylation sites (N-methyl/N-ethyl adjacent to an activating group) is 1. The first-order valence-electron chi connectivity index (χ1n) is 14.8. The van der Waals surface area contributed by atoms with Crippen molar-refractivity contribution < 1.29 is 14.3 Å². The molecule has 3 aromatic rings. The molecule has 1 saturated heterocycles. The highest BCUT2D eigenvalue weighted by atomic mass is 16.5. The number of ether oxygens (including phenoxy) is 1. The third-order valence-corrected chi connectivity index (χ3v) is 8.33. The maximum absolute atomic E-state index is 13.5. The summed E-state index contributed by atoms with van der Waals surface area (Å²) in [5.74, 6) is 1.27. The van der Waals surface area contributed by atoms with Crippen molar-refractivity contribution in [1.29, 1.82) is 0 Å². The predicted octanol–water partition coefficient (Wildman–Crippen LogP) is 4.55. The molecular formula is C34H42N4O3. The summed E-state index contributed by atoms with van der Waals surface area (Å²) in [5.41, 5.74) is 4.09. The van der Waals surface area contributed by atoms with Gasteiger partial charge in [-0.05, 0) is 80.2 Å². The molecule has 0 unspecified atom stereocenters. The molecule has 2 aliphatic rings. The van der Waals surface area contributed by atoms with Crippen LogP contribution in [-0.4, -0.2) is 80.6 Å². The topological polar surface area (TPSA) is 73.9 Å². The normalized spacial score (nSPS) is 19.4. The van der Waals surface area contributed by atoms with Crippen LogP contribution in [0.3, 0.4) is 0 Å². The third-order valence-electron chi connectivity index (χ3n) is 8.33. The zero-order valence-electron chi connectivity index (χ0n) is 24.2. The Hall–Kier alpha value is -3.68. The van der Waals surface area contributed by atoms with Crippen molar-refractivity contribution in [3.8, 4) is 16.9 Å². The van der Waals surface area contributed by atoms with E-state index in [9.17, 15) is 9.59 Å². The molecule has 7 heteroatoms. The molecule has 2 fully saturated rings. The largest absolute Gasteiger partial charge is 0.497 e. The van der Waals surface area contributed by atoms with Gasteiger partial charge in [0.2, 0.25) is 5.91 Å². The molecule has 0 spiro atoms. The summed E-state index contributed by atoms with van der Waals surface area (Å²) >= 11 is 0. The fourth-order valence-corrected chi connectivity index (χ4v) is 5.59. The van der Waals surface area contributed by atoms with Gasteiger partial charge in [0.15, 0.2) is 0 Å². The van der Waals surface area contributed by atoms with Crippen molar-refractivity contribution in [2.75, 3.05) is 46.9 Å². The summed E-state index contributed by atoms with van der Waals surface area (Å²) in [7, 11) is 3.76. The molecule has 0 aromatic heterocycles. The number of methoxy groups -OCH3 is 1. The number of hydrogen-bond donors (Lipinski definition) is 2. The van der Waals surface area contributed by atoms with E-state index >= 15 is 0 Å². The number of amides is 2. The lowest BCUT2D eigenvalue weighted by atomic mass is 10.0. The van der Waals surface area contributed by atoms with E-state index < -0.39 is 6.04 Å². The Balaban J connectivity index is 1.13. The van der Waals surface area contributed by atoms with Crippen molar-refractivity contribution in [2.24, 2.45) is 0 Å². The van der Waals surface area contributed by atoms with Gasteiger partial charge >= 0.3 is 0 Å². The number of nitrogens with one attached hydrogen (secondary N) is 2. The van der Waals surface area contributed by atoms with Gasteiger partial charge < -0.3 is 25.2 Å². The highest BCUT2D eigenvalue weighted by molar-refractivity contribution is 5.98. The minimum Gasteiger partial charge on any atom is -0.497 e. The van der Waals surface area contributed by atoms with Crippen LogP contribution in [0.5, 0.6) is 5.75 Å². The van der Waals surface area contributed by atoms with Gasteiger partial charge in [-0.15, -0.1) is 0 Å². The predicted molar refractivity (Wildman–Crippen MR) is 163 cm³/mol. The van der Waals surface area contributed by atoms with Gasteiger partial charge in [0.1, 0.15) is 11.8 Å². The average molecular weight is 555 g/mol. The summed E-state index contributed by atoms with van der Waals surface area (Å²) in [6, 6.07) is 26.0. The third kappa shape index (κ3) is 7.75. The Bertz CT molecular complexity index is 1270. The summed E-state index contributed by atoms with van der Waals surface area (Å²) < 4.78 is 5.27. The molecule has 41 heavy (non-hydrogen) atoms. The van der Waals surface area contributed by atoms with E-state index in [1.807, 2.05) is 59.5 Å². The van der Waals surface area contributed by atoms with E-state index in [4.69, 9.17) is 4.74 Å². The first kappa shape index (κ1) is 28.8. The lowest BCUT2D eigenvalue weighted by molar-refractivity contribution is -0.135. The molecule has 1 heterocycles. The number of rotatable bonds is 12. The number of hydrogen-bond acceptors (Lipinski definition) is 5. The summed E-state index contributed by atoms with van der Waals surface area (Å²) in [6.07, 6.45) is 3.60. The fraction of sp³-hybridized carbons (Fsp3) is 0.412. The van der Waals surface area contributed by atoms with Crippen molar-refractivity contribution >= 4 is 11.8 Å². The Morgan fingerprint density at radius 2 is 1.56 bits per heavy atom. The molecule has 7 nitrogen and oxygen atoms in total. The quantitative estimate of drug-likeness (QED) is 0.322. The van der Waals surface area contributed by atoms with Crippen molar-refractivity contribution in [3.63, 3.8) is 0 Å². The molecule has 0 radical (unpaired) electrons. The minimum absolute atomic E-state index is 0.0297. The number of carbonyl (C=O) groups excluding carboxylic acids is 2. The van der Waals surface area contributed by atoms with Gasteiger partial charge in [-0.1, -0.05) is 54.6 Å². The van der Waals surface area contributed by atoms with Crippen LogP contribution < -0.4 is 15.4 Å². The smallest absolute Gasteiger partial charge is 0.251 e. The van der Waals surface area contributed by atoms with Crippen molar-refractivity contribution in [1.82, 2.24) is 20.4 Å². The fourth-order valence-electron chi connectivity index (χ4n) is 5.59. The molecule has 216 valence electrons. The van der Waals surface area contributed by atoms with E-state index in [1.54, 1.807) is 7.11 Å². The van der Waals surface area contributed by atoms with Crippen molar-refractivity contribution in [3.05, 3.63) is 90.0 Å². The van der Waals surface area contributed by atoms with Crippen LogP contribution in [0.4, 0.5) is 0 Å². The number of benzene rings is 3. The SMILES string of the molecule is COc1ccc([C@@H]2C[C@H]2NCCCC[C@H](NC(=O)c2ccc(-c3ccccc3)cc2)C(=O)N2CCN(C)CC2)cc1. The first-order chi connectivity index (χ1) is 20.0. The van der Waals surface area contributed by atoms with E-state index in [1.165, 1.54) is 5.56 Å². The van der Waals surface area contributed by atoms with Gasteiger partial charge in [0, 0.05) is 43.7 Å². The molecule has 0 bridgehead atoms. The van der Waals surface area contributed by atoms with Gasteiger partial charge in [0.05, 0.1) is 7.11 Å². The summed E-state index contributed by atoms with van der Waals surface area (Å²) in [6.45, 7) is 4.01. The van der Waals surface area contributed by atoms with Crippen LogP contribution >= 0.6 is 0 Å². The maximum atomic E-state index is 13.5. The Labute approximate surface area is 243 Å². The van der Waals surface area contributed by atoms with Crippen LogP contribution in [0.2, 0.25) is 0 Å². The second-order valence-electron chi connectivity index (χ2n) is 11.3. The summed E-state index contributed by atoms with van der Waals surface area (Å²) in [5, 5.41) is 6.75. The van der Waals surface area contributed by atoms with Gasteiger partial charge in [-0.2, -0.15) is 0 Å². The average Bonchev–Trinajstić information content (AvgIpc) is 3.80. The van der Waals surface area contributed by atoms with Gasteiger partial charge in [0.25, 0.3) is 5.91 Å². The highest BCUT2D eigenvalue weighted by Crippen LogP contribution is 2.41. The number of carbonyl (C=O) groups is 2. The van der Waals surface area contributed by atoms with Gasteiger partial charge in [-0.3, -0.25) is 9.59 Å². The minimum atomic E-state index is -0.521. The highest BCUT2D eigenvalue weighted by Gasteiger charge is 2.37. The van der Waals surface area contributed by atoms with Crippen LogP contribution in [0.15, 0.2) is 78.9 Å². The van der Waals surface area contributed by atoms with Crippen LogP contribution in [0.25, 0.3) is 11.1 Å². The van der Waals surface area contributed by atoms with E-state index in [2.05, 4.69) is 46.8 Å². The summed E-state index contributed by atoms with van der Waals surface area (Å²) in [4.78, 5) is 30.9. The second kappa shape index (κ2) is 13.8. The Morgan fingerprint density at radius 1 is 0.878 bits per heavy atom. The monoisotopic (exact) mass is 554 g/mol. The number of piperazine rings is 1. The standard InChI is InChI=1S/C34H42N4O3/c1-37-20-22-38(23-21-37)34(40)31(36-33(39)28-13-11-26(12-14-28)25-8-4-3-5-9-25)10-6-7-19-35-32-24-30(32)27-15-17-29(41-2)18-16-27/h3-5,8-9,11-18,30-32,35H,6-7,10,19-24H2,1-2H3,(H,36,39)/t30-,31-,32+/m0/s1. The molecule has 2 N–H and O–H groups in total. The zero-order valence-corrected chi connectivity index (χ0v) is 24.2. The second-order valence-corrected chi connectivity index (χ2v) is 11.3. The zero-order chi connectivity index (χ0) is 28.6. The molecule has 3 aromatic carbocycles. The van der Waals surface area contributed by atoms with Crippen LogP contribution in [0.1, 0.15) is 47.5 Å².